The summed E-state index contributed by atoms with van der Waals surface area (Å²) in [5.74, 6) is -0.252. The van der Waals surface area contributed by atoms with E-state index in [0.29, 0.717) is 23.0 Å². The number of aliphatic hydroxyl groups excluding tert-OH is 1. The molecule has 0 unspecified atom stereocenters. The number of hydrogen-bond donors (Lipinski definition) is 2. The van der Waals surface area contributed by atoms with E-state index in [4.69, 9.17) is 5.11 Å². The Hall–Kier alpha value is -1.98. The van der Waals surface area contributed by atoms with Gasteiger partial charge in [0.2, 0.25) is 0 Å². The number of carbonyl (C=O) groups is 2. The maximum atomic E-state index is 12.6. The van der Waals surface area contributed by atoms with E-state index in [1.807, 2.05) is 30.3 Å². The van der Waals surface area contributed by atoms with Gasteiger partial charge in [-0.05, 0) is 61.3 Å². The van der Waals surface area contributed by atoms with E-state index in [9.17, 15) is 14.7 Å². The molecular formula is C25H32O4S. The minimum atomic E-state index is -0.869. The topological polar surface area (TPSA) is 74.6 Å². The number of aryl methyl sites for hydroxylation is 1. The van der Waals surface area contributed by atoms with Crippen LogP contribution in [0.5, 0.6) is 0 Å². The van der Waals surface area contributed by atoms with Crippen molar-refractivity contribution in [1.29, 1.82) is 0 Å². The standard InChI is InChI=1S/C25H32O4S/c1-2-3-4-8-21(26)17-9-11-19(12-10-17)24-18(13-15-22(24)27)6-5-7-20-14-16-23(30-20)25(28)29/h9-12,14,16,18,21,24,26H,2-8,13,15H2,1H3,(H,28,29)/t18-,21+,24-/m0/s1. The first-order chi connectivity index (χ1) is 14.5. The molecule has 3 atom stereocenters. The molecule has 0 bridgehead atoms. The lowest BCUT2D eigenvalue weighted by Crippen LogP contribution is -2.13. The summed E-state index contributed by atoms with van der Waals surface area (Å²) in [6, 6.07) is 11.6. The van der Waals surface area contributed by atoms with Gasteiger partial charge in [-0.15, -0.1) is 11.3 Å². The molecule has 1 aliphatic rings. The molecule has 5 heteroatoms. The fourth-order valence-corrected chi connectivity index (χ4v) is 5.42. The fourth-order valence-electron chi connectivity index (χ4n) is 4.53. The Morgan fingerprint density at radius 1 is 1.13 bits per heavy atom. The fraction of sp³-hybridized carbons (Fsp3) is 0.520. The average Bonchev–Trinajstić information content (AvgIpc) is 3.35. The maximum absolute atomic E-state index is 12.6. The number of benzene rings is 1. The van der Waals surface area contributed by atoms with Crippen molar-refractivity contribution in [2.24, 2.45) is 5.92 Å². The van der Waals surface area contributed by atoms with Crippen molar-refractivity contribution in [2.75, 3.05) is 0 Å². The van der Waals surface area contributed by atoms with E-state index in [1.54, 1.807) is 6.07 Å². The lowest BCUT2D eigenvalue weighted by atomic mass is 9.84. The number of Topliss-reactive ketones (excluding diaryl/α,β-unsaturated/α-hetero) is 1. The first-order valence-electron chi connectivity index (χ1n) is 11.1. The Balaban J connectivity index is 1.56. The van der Waals surface area contributed by atoms with Gasteiger partial charge >= 0.3 is 5.97 Å². The van der Waals surface area contributed by atoms with E-state index in [-0.39, 0.29) is 5.92 Å². The third-order valence-electron chi connectivity index (χ3n) is 6.21. The predicted molar refractivity (Wildman–Crippen MR) is 120 cm³/mol. The summed E-state index contributed by atoms with van der Waals surface area (Å²) in [6.45, 7) is 2.16. The van der Waals surface area contributed by atoms with Crippen LogP contribution >= 0.6 is 11.3 Å². The first-order valence-corrected chi connectivity index (χ1v) is 11.9. The van der Waals surface area contributed by atoms with Crippen molar-refractivity contribution in [1.82, 2.24) is 0 Å². The molecule has 1 aliphatic carbocycles. The van der Waals surface area contributed by atoms with Crippen molar-refractivity contribution in [3.05, 3.63) is 57.3 Å². The summed E-state index contributed by atoms with van der Waals surface area (Å²) in [6.07, 6.45) is 8.01. The number of thiophene rings is 1. The van der Waals surface area contributed by atoms with E-state index in [2.05, 4.69) is 6.92 Å². The van der Waals surface area contributed by atoms with Crippen LogP contribution in [-0.4, -0.2) is 22.0 Å². The molecule has 4 nitrogen and oxygen atoms in total. The molecule has 0 radical (unpaired) electrons. The Morgan fingerprint density at radius 2 is 1.90 bits per heavy atom. The summed E-state index contributed by atoms with van der Waals surface area (Å²) < 4.78 is 0. The van der Waals surface area contributed by atoms with Crippen LogP contribution in [0, 0.1) is 5.92 Å². The van der Waals surface area contributed by atoms with Gasteiger partial charge in [-0.3, -0.25) is 4.79 Å². The van der Waals surface area contributed by atoms with Crippen LogP contribution < -0.4 is 0 Å². The Morgan fingerprint density at radius 3 is 2.57 bits per heavy atom. The van der Waals surface area contributed by atoms with Crippen molar-refractivity contribution >= 4 is 23.1 Å². The Bertz CT molecular complexity index is 839. The zero-order valence-corrected chi connectivity index (χ0v) is 18.5. The maximum Gasteiger partial charge on any atom is 0.345 e. The molecule has 1 saturated carbocycles. The monoisotopic (exact) mass is 428 g/mol. The average molecular weight is 429 g/mol. The summed E-state index contributed by atoms with van der Waals surface area (Å²) in [7, 11) is 0. The summed E-state index contributed by atoms with van der Waals surface area (Å²) in [5, 5.41) is 19.4. The van der Waals surface area contributed by atoms with Gasteiger partial charge in [0.15, 0.2) is 0 Å². The number of hydrogen-bond acceptors (Lipinski definition) is 4. The minimum absolute atomic E-state index is 0.0470. The van der Waals surface area contributed by atoms with Crippen molar-refractivity contribution in [3.63, 3.8) is 0 Å². The molecular weight excluding hydrogens is 396 g/mol. The molecule has 1 aromatic carbocycles. The number of aromatic carboxylic acids is 1. The van der Waals surface area contributed by atoms with Crippen LogP contribution in [0.3, 0.4) is 0 Å². The molecule has 3 rings (SSSR count). The highest BCUT2D eigenvalue weighted by molar-refractivity contribution is 7.13. The SMILES string of the molecule is CCCCC[C@@H](O)c1ccc([C@H]2C(=O)CC[C@@H]2CCCc2ccc(C(=O)O)s2)cc1. The summed E-state index contributed by atoms with van der Waals surface area (Å²) >= 11 is 1.34. The molecule has 1 fully saturated rings. The van der Waals surface area contributed by atoms with Gasteiger partial charge < -0.3 is 10.2 Å². The van der Waals surface area contributed by atoms with Gasteiger partial charge in [0.05, 0.1) is 6.10 Å². The van der Waals surface area contributed by atoms with Crippen LogP contribution in [-0.2, 0) is 11.2 Å². The van der Waals surface area contributed by atoms with Gasteiger partial charge in [0.25, 0.3) is 0 Å². The second-order valence-electron chi connectivity index (χ2n) is 8.38. The van der Waals surface area contributed by atoms with E-state index in [0.717, 1.165) is 67.4 Å². The van der Waals surface area contributed by atoms with Gasteiger partial charge in [-0.2, -0.15) is 0 Å². The second kappa shape index (κ2) is 10.9. The number of carbonyl (C=O) groups excluding carboxylic acids is 1. The Kier molecular flexibility index (Phi) is 8.23. The normalized spacial score (nSPS) is 19.9. The summed E-state index contributed by atoms with van der Waals surface area (Å²) in [4.78, 5) is 25.1. The predicted octanol–water partition coefficient (Wildman–Crippen LogP) is 6.15. The third-order valence-corrected chi connectivity index (χ3v) is 7.34. The highest BCUT2D eigenvalue weighted by atomic mass is 32.1. The minimum Gasteiger partial charge on any atom is -0.477 e. The molecule has 2 aromatic rings. The lowest BCUT2D eigenvalue weighted by molar-refractivity contribution is -0.119. The zero-order valence-electron chi connectivity index (χ0n) is 17.7. The van der Waals surface area contributed by atoms with Crippen LogP contribution in [0.25, 0.3) is 0 Å². The van der Waals surface area contributed by atoms with E-state index < -0.39 is 12.1 Å². The second-order valence-corrected chi connectivity index (χ2v) is 9.55. The molecule has 1 aromatic heterocycles. The van der Waals surface area contributed by atoms with Crippen LogP contribution in [0.2, 0.25) is 0 Å². The van der Waals surface area contributed by atoms with Gasteiger partial charge in [0.1, 0.15) is 10.7 Å². The third kappa shape index (κ3) is 5.79. The summed E-state index contributed by atoms with van der Waals surface area (Å²) in [5.41, 5.74) is 2.00. The van der Waals surface area contributed by atoms with Crippen LogP contribution in [0.1, 0.15) is 96.0 Å². The lowest BCUT2D eigenvalue weighted by Gasteiger charge is -2.20. The molecule has 0 aliphatic heterocycles. The van der Waals surface area contributed by atoms with Gasteiger partial charge in [0, 0.05) is 17.2 Å². The van der Waals surface area contributed by atoms with E-state index in [1.165, 1.54) is 11.3 Å². The quantitative estimate of drug-likeness (QED) is 0.421. The number of rotatable bonds is 11. The highest BCUT2D eigenvalue weighted by Crippen LogP contribution is 2.40. The zero-order chi connectivity index (χ0) is 21.5. The number of unbranched alkanes of at least 4 members (excludes halogenated alkanes) is 2. The first kappa shape index (κ1) is 22.7. The van der Waals surface area contributed by atoms with Crippen molar-refractivity contribution in [3.8, 4) is 0 Å². The number of carboxylic acid groups (broad SMARTS) is 1. The number of aliphatic hydroxyl groups is 1. The molecule has 1 heterocycles. The molecule has 30 heavy (non-hydrogen) atoms. The molecule has 0 saturated heterocycles. The number of ketones is 1. The van der Waals surface area contributed by atoms with Crippen molar-refractivity contribution < 1.29 is 19.8 Å². The van der Waals surface area contributed by atoms with Gasteiger partial charge in [-0.1, -0.05) is 50.5 Å². The van der Waals surface area contributed by atoms with Gasteiger partial charge in [-0.25, -0.2) is 4.79 Å². The molecule has 2 N–H and O–H groups in total. The molecule has 162 valence electrons. The molecule has 0 amide bonds. The number of carboxylic acids is 1. The van der Waals surface area contributed by atoms with Crippen LogP contribution in [0.4, 0.5) is 0 Å². The van der Waals surface area contributed by atoms with Crippen molar-refractivity contribution in [2.45, 2.75) is 76.7 Å². The van der Waals surface area contributed by atoms with E-state index >= 15 is 0 Å². The van der Waals surface area contributed by atoms with Crippen LogP contribution in [0.15, 0.2) is 36.4 Å². The highest BCUT2D eigenvalue weighted by Gasteiger charge is 2.35. The smallest absolute Gasteiger partial charge is 0.345 e. The Labute approximate surface area is 183 Å². The largest absolute Gasteiger partial charge is 0.477 e. The molecule has 0 spiro atoms.